The number of nitrogens with zero attached hydrogens (tertiary/aromatic N) is 1. The van der Waals surface area contributed by atoms with Crippen molar-refractivity contribution in [1.29, 1.82) is 0 Å². The molecule has 0 aromatic carbocycles. The molecule has 1 aliphatic heterocycles. The molecule has 88 valence electrons. The normalized spacial score (nSPS) is 26.1. The first-order valence-electron chi connectivity index (χ1n) is 5.27. The first-order valence-corrected chi connectivity index (χ1v) is 6.95. The second-order valence-corrected chi connectivity index (χ2v) is 6.09. The molecular formula is C11H14BrNO2S. The molecule has 1 aromatic rings. The maximum absolute atomic E-state index is 11.0. The Kier molecular flexibility index (Phi) is 3.66. The maximum Gasteiger partial charge on any atom is 0.308 e. The summed E-state index contributed by atoms with van der Waals surface area (Å²) in [5.41, 5.74) is 0. The molecule has 2 atom stereocenters. The molecule has 1 saturated heterocycles. The van der Waals surface area contributed by atoms with Crippen LogP contribution in [0.1, 0.15) is 18.2 Å². The SMILES string of the molecule is CC1C(C(=O)O)CCN1Cc1cc(Br)cs1. The van der Waals surface area contributed by atoms with E-state index in [9.17, 15) is 4.79 Å². The van der Waals surface area contributed by atoms with Crippen molar-refractivity contribution in [2.45, 2.75) is 25.9 Å². The monoisotopic (exact) mass is 303 g/mol. The maximum atomic E-state index is 11.0. The number of carboxylic acid groups (broad SMARTS) is 1. The van der Waals surface area contributed by atoms with Crippen molar-refractivity contribution in [1.82, 2.24) is 4.90 Å². The minimum atomic E-state index is -0.664. The van der Waals surface area contributed by atoms with Gasteiger partial charge < -0.3 is 5.11 Å². The number of likely N-dealkylation sites (tertiary alicyclic amines) is 1. The standard InChI is InChI=1S/C11H14BrNO2S/c1-7-10(11(14)15)2-3-13(7)5-9-4-8(12)6-16-9/h4,6-7,10H,2-3,5H2,1H3,(H,14,15). The number of thiophene rings is 1. The Morgan fingerprint density at radius 1 is 1.75 bits per heavy atom. The zero-order chi connectivity index (χ0) is 11.7. The van der Waals surface area contributed by atoms with E-state index in [1.807, 2.05) is 6.92 Å². The highest BCUT2D eigenvalue weighted by molar-refractivity contribution is 9.10. The first kappa shape index (κ1) is 12.1. The molecule has 3 nitrogen and oxygen atoms in total. The van der Waals surface area contributed by atoms with Crippen LogP contribution < -0.4 is 0 Å². The second-order valence-electron chi connectivity index (χ2n) is 4.18. The van der Waals surface area contributed by atoms with Gasteiger partial charge in [0.1, 0.15) is 0 Å². The number of aliphatic carboxylic acids is 1. The molecular weight excluding hydrogens is 290 g/mol. The van der Waals surface area contributed by atoms with E-state index in [1.54, 1.807) is 11.3 Å². The Morgan fingerprint density at radius 2 is 2.50 bits per heavy atom. The van der Waals surface area contributed by atoms with Crippen molar-refractivity contribution in [3.05, 3.63) is 20.8 Å². The summed E-state index contributed by atoms with van der Waals surface area (Å²) in [6.45, 7) is 3.75. The first-order chi connectivity index (χ1) is 7.58. The van der Waals surface area contributed by atoms with Gasteiger partial charge in [-0.15, -0.1) is 11.3 Å². The Labute approximate surface area is 107 Å². The zero-order valence-electron chi connectivity index (χ0n) is 9.02. The van der Waals surface area contributed by atoms with Crippen LogP contribution in [0, 0.1) is 5.92 Å². The third-order valence-corrected chi connectivity index (χ3v) is 4.87. The summed E-state index contributed by atoms with van der Waals surface area (Å²) in [4.78, 5) is 14.5. The number of rotatable bonds is 3. The minimum Gasteiger partial charge on any atom is -0.481 e. The predicted octanol–water partition coefficient (Wildman–Crippen LogP) is 2.81. The van der Waals surface area contributed by atoms with Gasteiger partial charge in [0.15, 0.2) is 0 Å². The lowest BCUT2D eigenvalue weighted by atomic mass is 10.0. The molecule has 0 radical (unpaired) electrons. The van der Waals surface area contributed by atoms with Gasteiger partial charge in [-0.05, 0) is 41.9 Å². The molecule has 0 spiro atoms. The molecule has 0 aliphatic carbocycles. The molecule has 2 rings (SSSR count). The molecule has 1 fully saturated rings. The number of hydrogen-bond acceptors (Lipinski definition) is 3. The minimum absolute atomic E-state index is 0.137. The van der Waals surface area contributed by atoms with Crippen molar-refractivity contribution in [2.75, 3.05) is 6.54 Å². The molecule has 2 heterocycles. The van der Waals surface area contributed by atoms with E-state index in [0.29, 0.717) is 0 Å². The highest BCUT2D eigenvalue weighted by atomic mass is 79.9. The average Bonchev–Trinajstić information content (AvgIpc) is 2.76. The van der Waals surface area contributed by atoms with E-state index in [2.05, 4.69) is 32.3 Å². The van der Waals surface area contributed by atoms with E-state index >= 15 is 0 Å². The lowest BCUT2D eigenvalue weighted by molar-refractivity contribution is -0.142. The largest absolute Gasteiger partial charge is 0.481 e. The van der Waals surface area contributed by atoms with E-state index < -0.39 is 5.97 Å². The molecule has 0 saturated carbocycles. The van der Waals surface area contributed by atoms with E-state index in [1.165, 1.54) is 4.88 Å². The quantitative estimate of drug-likeness (QED) is 0.933. The van der Waals surface area contributed by atoms with Gasteiger partial charge in [0.25, 0.3) is 0 Å². The fourth-order valence-corrected chi connectivity index (χ4v) is 3.67. The van der Waals surface area contributed by atoms with Crippen LogP contribution in [0.2, 0.25) is 0 Å². The summed E-state index contributed by atoms with van der Waals surface area (Å²) < 4.78 is 1.11. The summed E-state index contributed by atoms with van der Waals surface area (Å²) >= 11 is 5.14. The molecule has 0 amide bonds. The summed E-state index contributed by atoms with van der Waals surface area (Å²) in [6, 6.07) is 2.24. The molecule has 1 aliphatic rings. The Hall–Kier alpha value is -0.390. The van der Waals surface area contributed by atoms with Crippen molar-refractivity contribution < 1.29 is 9.90 Å². The van der Waals surface area contributed by atoms with Gasteiger partial charge in [-0.2, -0.15) is 0 Å². The molecule has 1 aromatic heterocycles. The third-order valence-electron chi connectivity index (χ3n) is 3.18. The summed E-state index contributed by atoms with van der Waals surface area (Å²) in [7, 11) is 0. The molecule has 2 unspecified atom stereocenters. The van der Waals surface area contributed by atoms with Crippen LogP contribution in [-0.4, -0.2) is 28.6 Å². The van der Waals surface area contributed by atoms with Crippen LogP contribution in [0.25, 0.3) is 0 Å². The van der Waals surface area contributed by atoms with Gasteiger partial charge in [-0.1, -0.05) is 0 Å². The summed E-state index contributed by atoms with van der Waals surface area (Å²) in [6.07, 6.45) is 0.767. The summed E-state index contributed by atoms with van der Waals surface area (Å²) in [5, 5.41) is 11.1. The Balaban J connectivity index is 2.00. The fourth-order valence-electron chi connectivity index (χ4n) is 2.19. The zero-order valence-corrected chi connectivity index (χ0v) is 11.4. The van der Waals surface area contributed by atoms with Crippen LogP contribution in [0.3, 0.4) is 0 Å². The van der Waals surface area contributed by atoms with Crippen LogP contribution in [-0.2, 0) is 11.3 Å². The van der Waals surface area contributed by atoms with Crippen molar-refractivity contribution in [3.63, 3.8) is 0 Å². The predicted molar refractivity (Wildman–Crippen MR) is 67.6 cm³/mol. The summed E-state index contributed by atoms with van der Waals surface area (Å²) in [5.74, 6) is -0.870. The van der Waals surface area contributed by atoms with E-state index in [4.69, 9.17) is 5.11 Å². The highest BCUT2D eigenvalue weighted by Crippen LogP contribution is 2.28. The van der Waals surface area contributed by atoms with Crippen molar-refractivity contribution >= 4 is 33.2 Å². The topological polar surface area (TPSA) is 40.5 Å². The highest BCUT2D eigenvalue weighted by Gasteiger charge is 2.35. The number of hydrogen-bond donors (Lipinski definition) is 1. The molecule has 0 bridgehead atoms. The lowest BCUT2D eigenvalue weighted by Crippen LogP contribution is -2.32. The van der Waals surface area contributed by atoms with Gasteiger partial charge >= 0.3 is 5.97 Å². The third kappa shape index (κ3) is 2.47. The number of carboxylic acids is 1. The van der Waals surface area contributed by atoms with Crippen LogP contribution in [0.15, 0.2) is 15.9 Å². The Bertz CT molecular complexity index is 393. The van der Waals surface area contributed by atoms with Crippen LogP contribution in [0.4, 0.5) is 0 Å². The van der Waals surface area contributed by atoms with E-state index in [0.717, 1.165) is 24.0 Å². The fraction of sp³-hybridized carbons (Fsp3) is 0.545. The van der Waals surface area contributed by atoms with Crippen molar-refractivity contribution in [3.8, 4) is 0 Å². The number of halogens is 1. The van der Waals surface area contributed by atoms with Crippen LogP contribution in [0.5, 0.6) is 0 Å². The van der Waals surface area contributed by atoms with Gasteiger partial charge in [0.05, 0.1) is 5.92 Å². The number of carbonyl (C=O) groups is 1. The van der Waals surface area contributed by atoms with Gasteiger partial charge in [0, 0.05) is 27.3 Å². The van der Waals surface area contributed by atoms with Gasteiger partial charge in [0.2, 0.25) is 0 Å². The molecule has 1 N–H and O–H groups in total. The van der Waals surface area contributed by atoms with Crippen molar-refractivity contribution in [2.24, 2.45) is 5.92 Å². The van der Waals surface area contributed by atoms with Gasteiger partial charge in [-0.3, -0.25) is 9.69 Å². The average molecular weight is 304 g/mol. The van der Waals surface area contributed by atoms with Gasteiger partial charge in [-0.25, -0.2) is 0 Å². The lowest BCUT2D eigenvalue weighted by Gasteiger charge is -2.22. The molecule has 16 heavy (non-hydrogen) atoms. The molecule has 5 heteroatoms. The van der Waals surface area contributed by atoms with Crippen LogP contribution >= 0.6 is 27.3 Å². The second kappa shape index (κ2) is 4.85. The van der Waals surface area contributed by atoms with E-state index in [-0.39, 0.29) is 12.0 Å². The smallest absolute Gasteiger partial charge is 0.308 e. The Morgan fingerprint density at radius 3 is 3.00 bits per heavy atom.